The third-order valence-corrected chi connectivity index (χ3v) is 8.74. The summed E-state index contributed by atoms with van der Waals surface area (Å²) in [4.78, 5) is 26.5. The average molecular weight is 510 g/mol. The van der Waals surface area contributed by atoms with Crippen molar-refractivity contribution in [1.82, 2.24) is 5.32 Å². The predicted molar refractivity (Wildman–Crippen MR) is 132 cm³/mol. The summed E-state index contributed by atoms with van der Waals surface area (Å²) in [5.41, 5.74) is 1.86. The predicted octanol–water partition coefficient (Wildman–Crippen LogP) is 3.53. The molecule has 1 heterocycles. The third kappa shape index (κ3) is 4.42. The minimum absolute atomic E-state index is 0.0653. The molecule has 1 N–H and O–H groups in total. The van der Waals surface area contributed by atoms with E-state index in [1.54, 1.807) is 60.7 Å². The van der Waals surface area contributed by atoms with Gasteiger partial charge < -0.3 is 19.5 Å². The zero-order chi connectivity index (χ0) is 25.9. The number of carbonyl (C=O) groups excluding carboxylic acids is 2. The molecular weight excluding hydrogens is 482 g/mol. The monoisotopic (exact) mass is 509 g/mol. The summed E-state index contributed by atoms with van der Waals surface area (Å²) in [6.45, 7) is 1.57. The van der Waals surface area contributed by atoms with Crippen LogP contribution < -0.4 is 14.8 Å². The Morgan fingerprint density at radius 1 is 1.00 bits per heavy atom. The van der Waals surface area contributed by atoms with Crippen LogP contribution in [0.2, 0.25) is 0 Å². The molecule has 1 amide bonds. The largest absolute Gasteiger partial charge is 0.497 e. The lowest BCUT2D eigenvalue weighted by Crippen LogP contribution is -2.51. The highest BCUT2D eigenvalue weighted by atomic mass is 32.2. The minimum Gasteiger partial charge on any atom is -0.497 e. The van der Waals surface area contributed by atoms with Gasteiger partial charge in [0.1, 0.15) is 18.1 Å². The molecule has 0 spiro atoms. The van der Waals surface area contributed by atoms with Crippen molar-refractivity contribution in [3.05, 3.63) is 89.5 Å². The second kappa shape index (κ2) is 10.0. The highest BCUT2D eigenvalue weighted by Crippen LogP contribution is 2.45. The topological polar surface area (TPSA) is 108 Å². The number of sulfone groups is 1. The van der Waals surface area contributed by atoms with Gasteiger partial charge in [-0.25, -0.2) is 8.42 Å². The van der Waals surface area contributed by atoms with Crippen LogP contribution in [0.1, 0.15) is 29.2 Å². The number of nitrogens with one attached hydrogen (secondary N) is 1. The first-order chi connectivity index (χ1) is 17.2. The highest BCUT2D eigenvalue weighted by Gasteiger charge is 2.64. The van der Waals surface area contributed by atoms with Crippen LogP contribution in [0, 0.1) is 6.92 Å². The van der Waals surface area contributed by atoms with Gasteiger partial charge >= 0.3 is 5.97 Å². The molecule has 0 radical (unpaired) electrons. The molecule has 9 heteroatoms. The van der Waals surface area contributed by atoms with E-state index in [9.17, 15) is 18.0 Å². The Morgan fingerprint density at radius 2 is 1.69 bits per heavy atom. The molecule has 4 rings (SSSR count). The zero-order valence-corrected chi connectivity index (χ0v) is 21.0. The van der Waals surface area contributed by atoms with E-state index in [0.29, 0.717) is 22.6 Å². The summed E-state index contributed by atoms with van der Waals surface area (Å²) in [7, 11) is -1.40. The summed E-state index contributed by atoms with van der Waals surface area (Å²) in [5, 5.41) is 2.70. The first-order valence-corrected chi connectivity index (χ1v) is 12.7. The van der Waals surface area contributed by atoms with Gasteiger partial charge in [-0.3, -0.25) is 9.59 Å². The Balaban J connectivity index is 1.79. The molecule has 1 aliphatic heterocycles. The molecule has 36 heavy (non-hydrogen) atoms. The van der Waals surface area contributed by atoms with Crippen molar-refractivity contribution < 1.29 is 32.2 Å². The lowest BCUT2D eigenvalue weighted by Gasteiger charge is -2.32. The highest BCUT2D eigenvalue weighted by molar-refractivity contribution is 7.93. The molecule has 2 atom stereocenters. The average Bonchev–Trinajstić information content (AvgIpc) is 3.26. The van der Waals surface area contributed by atoms with Gasteiger partial charge in [0.15, 0.2) is 9.84 Å². The Labute approximate surface area is 210 Å². The maximum atomic E-state index is 14.1. The van der Waals surface area contributed by atoms with Crippen molar-refractivity contribution in [3.63, 3.8) is 0 Å². The van der Waals surface area contributed by atoms with Gasteiger partial charge in [-0.05, 0) is 36.8 Å². The molecule has 3 aromatic carbocycles. The van der Waals surface area contributed by atoms with Gasteiger partial charge in [0.2, 0.25) is 10.7 Å². The molecule has 0 saturated carbocycles. The fourth-order valence-corrected chi connectivity index (χ4v) is 6.40. The van der Waals surface area contributed by atoms with Crippen molar-refractivity contribution in [3.8, 4) is 11.5 Å². The molecular formula is C27H27NO7S. The molecule has 8 nitrogen and oxygen atoms in total. The summed E-state index contributed by atoms with van der Waals surface area (Å²) >= 11 is 0. The second-order valence-corrected chi connectivity index (χ2v) is 10.8. The summed E-state index contributed by atoms with van der Waals surface area (Å²) < 4.78 is 42.2. The summed E-state index contributed by atoms with van der Waals surface area (Å²) in [6, 6.07) is 18.6. The fraction of sp³-hybridized carbons (Fsp3) is 0.259. The molecule has 0 aliphatic carbocycles. The van der Waals surface area contributed by atoms with Crippen molar-refractivity contribution in [2.24, 2.45) is 0 Å². The van der Waals surface area contributed by atoms with Crippen LogP contribution in [0.15, 0.2) is 77.7 Å². The lowest BCUT2D eigenvalue weighted by molar-refractivity contribution is -0.149. The van der Waals surface area contributed by atoms with E-state index in [1.165, 1.54) is 26.4 Å². The van der Waals surface area contributed by atoms with E-state index in [4.69, 9.17) is 14.2 Å². The number of carbonyl (C=O) groups is 2. The Morgan fingerprint density at radius 3 is 2.33 bits per heavy atom. The van der Waals surface area contributed by atoms with Gasteiger partial charge in [0.25, 0.3) is 0 Å². The molecule has 1 aliphatic rings. The smallest absolute Gasteiger partial charge is 0.331 e. The first-order valence-electron chi connectivity index (χ1n) is 11.3. The molecule has 2 unspecified atom stereocenters. The standard InChI is InChI=1S/C27H27NO7S/c1-18-9-13-22(14-10-18)36(31,32)27(16-24(29)28-25(27)19-7-5-4-6-8-19)26(30)35-17-20-11-12-21(33-2)15-23(20)34-3/h4-15,25H,16-17H2,1-3H3,(H,28,29). The van der Waals surface area contributed by atoms with Crippen LogP contribution in [0.25, 0.3) is 0 Å². The summed E-state index contributed by atoms with van der Waals surface area (Å²) in [5.74, 6) is -0.612. The number of hydrogen-bond donors (Lipinski definition) is 1. The van der Waals surface area contributed by atoms with E-state index in [0.717, 1.165) is 5.56 Å². The Hall–Kier alpha value is -3.85. The number of hydrogen-bond acceptors (Lipinski definition) is 7. The van der Waals surface area contributed by atoms with E-state index < -0.39 is 38.9 Å². The van der Waals surface area contributed by atoms with Crippen LogP contribution in [-0.2, 0) is 30.8 Å². The second-order valence-electron chi connectivity index (χ2n) is 8.55. The number of benzene rings is 3. The molecule has 0 aromatic heterocycles. The molecule has 1 fully saturated rings. The van der Waals surface area contributed by atoms with Crippen molar-refractivity contribution >= 4 is 21.7 Å². The number of ether oxygens (including phenoxy) is 3. The number of amides is 1. The lowest BCUT2D eigenvalue weighted by atomic mass is 9.93. The normalized spacial score (nSPS) is 19.4. The van der Waals surface area contributed by atoms with E-state index in [-0.39, 0.29) is 11.5 Å². The number of esters is 1. The number of methoxy groups -OCH3 is 2. The fourth-order valence-electron chi connectivity index (χ4n) is 4.38. The molecule has 188 valence electrons. The minimum atomic E-state index is -4.39. The van der Waals surface area contributed by atoms with Crippen LogP contribution in [-0.4, -0.2) is 39.3 Å². The van der Waals surface area contributed by atoms with E-state index in [1.807, 2.05) is 6.92 Å². The van der Waals surface area contributed by atoms with E-state index >= 15 is 0 Å². The maximum absolute atomic E-state index is 14.1. The number of rotatable bonds is 8. The third-order valence-electron chi connectivity index (χ3n) is 6.34. The summed E-state index contributed by atoms with van der Waals surface area (Å²) in [6.07, 6.45) is -0.568. The van der Waals surface area contributed by atoms with Gasteiger partial charge in [0.05, 0.1) is 31.6 Å². The van der Waals surface area contributed by atoms with Gasteiger partial charge in [-0.2, -0.15) is 0 Å². The van der Waals surface area contributed by atoms with Crippen LogP contribution in [0.4, 0.5) is 0 Å². The molecule has 3 aromatic rings. The van der Waals surface area contributed by atoms with Gasteiger partial charge in [-0.1, -0.05) is 48.0 Å². The van der Waals surface area contributed by atoms with Crippen molar-refractivity contribution in [1.29, 1.82) is 0 Å². The Bertz CT molecular complexity index is 1370. The zero-order valence-electron chi connectivity index (χ0n) is 20.2. The first kappa shape index (κ1) is 25.2. The number of aryl methyl sites for hydroxylation is 1. The molecule has 1 saturated heterocycles. The van der Waals surface area contributed by atoms with Crippen LogP contribution in [0.3, 0.4) is 0 Å². The van der Waals surface area contributed by atoms with Crippen LogP contribution in [0.5, 0.6) is 11.5 Å². The van der Waals surface area contributed by atoms with E-state index in [2.05, 4.69) is 5.32 Å². The SMILES string of the molecule is COc1ccc(COC(=O)C2(S(=O)(=O)c3ccc(C)cc3)CC(=O)NC2c2ccccc2)c(OC)c1. The van der Waals surface area contributed by atoms with Crippen molar-refractivity contribution in [2.75, 3.05) is 14.2 Å². The van der Waals surface area contributed by atoms with Gasteiger partial charge in [-0.15, -0.1) is 0 Å². The maximum Gasteiger partial charge on any atom is 0.331 e. The Kier molecular flexibility index (Phi) is 7.03. The molecule has 0 bridgehead atoms. The van der Waals surface area contributed by atoms with Crippen LogP contribution >= 0.6 is 0 Å². The quantitative estimate of drug-likeness (QED) is 0.463. The van der Waals surface area contributed by atoms with Gasteiger partial charge in [0, 0.05) is 11.6 Å². The van der Waals surface area contributed by atoms with Crippen molar-refractivity contribution in [2.45, 2.75) is 35.6 Å².